The van der Waals surface area contributed by atoms with Gasteiger partial charge < -0.3 is 9.79 Å². The van der Waals surface area contributed by atoms with Gasteiger partial charge in [-0.25, -0.2) is 4.99 Å². The fourth-order valence-corrected chi connectivity index (χ4v) is 0.536. The van der Waals surface area contributed by atoms with Crippen LogP contribution < -0.4 is 0 Å². The van der Waals surface area contributed by atoms with Gasteiger partial charge in [0.05, 0.1) is 5.16 Å². The molecule has 0 spiro atoms. The number of rotatable bonds is 2. The molecule has 0 aromatic rings. The van der Waals surface area contributed by atoms with Gasteiger partial charge in [0.15, 0.2) is 6.29 Å². The van der Waals surface area contributed by atoms with Crippen molar-refractivity contribution in [3.63, 3.8) is 0 Å². The molecule has 0 aliphatic heterocycles. The molecule has 0 aliphatic carbocycles. The highest BCUT2D eigenvalue weighted by Crippen LogP contribution is 2.33. The van der Waals surface area contributed by atoms with Gasteiger partial charge in [-0.2, -0.15) is 0 Å². The lowest BCUT2D eigenvalue weighted by Gasteiger charge is -1.93. The minimum atomic E-state index is -3.98. The van der Waals surface area contributed by atoms with Gasteiger partial charge in [0, 0.05) is 0 Å². The van der Waals surface area contributed by atoms with Gasteiger partial charge in [0.2, 0.25) is 0 Å². The zero-order valence-electron chi connectivity index (χ0n) is 3.81. The Morgan fingerprint density at radius 1 is 1.75 bits per heavy atom. The van der Waals surface area contributed by atoms with Gasteiger partial charge in [-0.1, -0.05) is 0 Å². The number of aliphatic imine (C=N–C) groups is 1. The van der Waals surface area contributed by atoms with E-state index in [2.05, 4.69) is 17.2 Å². The van der Waals surface area contributed by atoms with E-state index in [1.165, 1.54) is 0 Å². The lowest BCUT2D eigenvalue weighted by atomic mass is 11.4. The fourth-order valence-electron chi connectivity index (χ4n) is 0.121. The van der Waals surface area contributed by atoms with Crippen LogP contribution in [0, 0.1) is 0 Å². The Kier molecular flexibility index (Phi) is 3.05. The molecule has 0 aliphatic rings. The number of isothiocyanates is 1. The standard InChI is InChI=1S/C2H4NO3PS/c4-7(5,6)1-3-2-8/h1H2,(H2,4,5,6). The molecule has 0 radical (unpaired) electrons. The maximum atomic E-state index is 9.90. The summed E-state index contributed by atoms with van der Waals surface area (Å²) >= 11 is 4.06. The highest BCUT2D eigenvalue weighted by Gasteiger charge is 2.09. The molecule has 0 rings (SSSR count). The Balaban J connectivity index is 3.74. The first kappa shape index (κ1) is 7.95. The quantitative estimate of drug-likeness (QED) is 0.338. The average molecular weight is 153 g/mol. The molecular weight excluding hydrogens is 149 g/mol. The van der Waals surface area contributed by atoms with E-state index in [0.717, 1.165) is 0 Å². The van der Waals surface area contributed by atoms with Gasteiger partial charge in [-0.15, -0.1) is 0 Å². The summed E-state index contributed by atoms with van der Waals surface area (Å²) in [5.41, 5.74) is 0. The molecule has 0 atom stereocenters. The summed E-state index contributed by atoms with van der Waals surface area (Å²) in [5.74, 6) is 0. The largest absolute Gasteiger partial charge is 0.347 e. The van der Waals surface area contributed by atoms with Crippen molar-refractivity contribution in [1.29, 1.82) is 0 Å². The average Bonchev–Trinajstić information content (AvgIpc) is 1.59. The number of nitrogens with zero attached hydrogens (tertiary/aromatic N) is 1. The van der Waals surface area contributed by atoms with E-state index < -0.39 is 13.9 Å². The van der Waals surface area contributed by atoms with Crippen LogP contribution in [0.4, 0.5) is 0 Å². The molecule has 0 heterocycles. The van der Waals surface area contributed by atoms with E-state index in [1.54, 1.807) is 0 Å². The van der Waals surface area contributed by atoms with Crippen molar-refractivity contribution >= 4 is 25.0 Å². The zero-order chi connectivity index (χ0) is 6.62. The van der Waals surface area contributed by atoms with Gasteiger partial charge >= 0.3 is 7.60 Å². The highest BCUT2D eigenvalue weighted by atomic mass is 32.1. The molecule has 2 N–H and O–H groups in total. The summed E-state index contributed by atoms with van der Waals surface area (Å²) in [7, 11) is -3.98. The SMILES string of the molecule is O=P(O)(O)CN=C=S. The Bertz CT molecular complexity index is 157. The predicted octanol–water partition coefficient (Wildman–Crippen LogP) is 0.224. The maximum absolute atomic E-state index is 9.90. The van der Waals surface area contributed by atoms with Crippen molar-refractivity contribution in [2.75, 3.05) is 6.29 Å². The summed E-state index contributed by atoms with van der Waals surface area (Å²) in [4.78, 5) is 19.2. The first-order valence-electron chi connectivity index (χ1n) is 1.64. The molecule has 0 amide bonds. The second-order valence-corrected chi connectivity index (χ2v) is 2.85. The molecule has 0 saturated carbocycles. The second-order valence-electron chi connectivity index (χ2n) is 1.06. The molecule has 0 unspecified atom stereocenters. The minimum Gasteiger partial charge on any atom is -0.323 e. The van der Waals surface area contributed by atoms with E-state index in [4.69, 9.17) is 9.79 Å². The first-order valence-corrected chi connectivity index (χ1v) is 3.85. The molecule has 4 nitrogen and oxygen atoms in total. The van der Waals surface area contributed by atoms with E-state index in [0.29, 0.717) is 0 Å². The van der Waals surface area contributed by atoms with Gasteiger partial charge in [0.1, 0.15) is 0 Å². The van der Waals surface area contributed by atoms with Crippen LogP contribution in [-0.4, -0.2) is 21.2 Å². The van der Waals surface area contributed by atoms with Crippen LogP contribution in [-0.2, 0) is 4.57 Å². The fraction of sp³-hybridized carbons (Fsp3) is 0.500. The Hall–Kier alpha value is -0.0500. The molecule has 0 aromatic carbocycles. The van der Waals surface area contributed by atoms with E-state index in [9.17, 15) is 4.57 Å². The number of thiocarbonyl (C=S) groups is 1. The molecule has 6 heteroatoms. The molecule has 0 bridgehead atoms. The zero-order valence-corrected chi connectivity index (χ0v) is 5.52. The maximum Gasteiger partial charge on any atom is 0.347 e. The molecule has 46 valence electrons. The lowest BCUT2D eigenvalue weighted by Crippen LogP contribution is -1.80. The first-order chi connectivity index (χ1) is 3.56. The van der Waals surface area contributed by atoms with Crippen LogP contribution in [0.2, 0.25) is 0 Å². The molecular formula is C2H4NO3PS. The molecule has 0 fully saturated rings. The Morgan fingerprint density at radius 2 is 2.25 bits per heavy atom. The highest BCUT2D eigenvalue weighted by molar-refractivity contribution is 7.78. The topological polar surface area (TPSA) is 69.9 Å². The number of hydrogen-bond donors (Lipinski definition) is 2. The van der Waals surface area contributed by atoms with Crippen molar-refractivity contribution < 1.29 is 14.4 Å². The van der Waals surface area contributed by atoms with Crippen LogP contribution in [0.5, 0.6) is 0 Å². The summed E-state index contributed by atoms with van der Waals surface area (Å²) in [6, 6.07) is 0. The smallest absolute Gasteiger partial charge is 0.323 e. The van der Waals surface area contributed by atoms with Crippen molar-refractivity contribution in [3.05, 3.63) is 0 Å². The lowest BCUT2D eigenvalue weighted by molar-refractivity contribution is 0.374. The van der Waals surface area contributed by atoms with Crippen molar-refractivity contribution in [2.24, 2.45) is 4.99 Å². The Morgan fingerprint density at radius 3 is 2.38 bits per heavy atom. The normalized spacial score (nSPS) is 10.2. The number of hydrogen-bond acceptors (Lipinski definition) is 3. The summed E-state index contributed by atoms with van der Waals surface area (Å²) in [6.45, 7) is 0. The summed E-state index contributed by atoms with van der Waals surface area (Å²) in [5, 5.41) is 1.84. The minimum absolute atomic E-state index is 0.559. The van der Waals surface area contributed by atoms with Crippen LogP contribution in [0.15, 0.2) is 4.99 Å². The van der Waals surface area contributed by atoms with Crippen molar-refractivity contribution in [1.82, 2.24) is 0 Å². The molecule has 8 heavy (non-hydrogen) atoms. The van der Waals surface area contributed by atoms with E-state index in [1.807, 2.05) is 5.16 Å². The van der Waals surface area contributed by atoms with E-state index >= 15 is 0 Å². The summed E-state index contributed by atoms with van der Waals surface area (Å²) in [6.07, 6.45) is -0.559. The third kappa shape index (κ3) is 5.95. The third-order valence-corrected chi connectivity index (χ3v) is 0.958. The van der Waals surface area contributed by atoms with Crippen LogP contribution in [0.1, 0.15) is 0 Å². The third-order valence-electron chi connectivity index (χ3n) is 0.319. The molecule has 0 aromatic heterocycles. The van der Waals surface area contributed by atoms with Gasteiger partial charge in [-0.05, 0) is 12.2 Å². The van der Waals surface area contributed by atoms with Crippen LogP contribution >= 0.6 is 19.8 Å². The van der Waals surface area contributed by atoms with Crippen LogP contribution in [0.3, 0.4) is 0 Å². The monoisotopic (exact) mass is 153 g/mol. The Labute approximate surface area is 51.4 Å². The van der Waals surface area contributed by atoms with Crippen molar-refractivity contribution in [3.8, 4) is 0 Å². The second kappa shape index (κ2) is 3.07. The van der Waals surface area contributed by atoms with Crippen LogP contribution in [0.25, 0.3) is 0 Å². The van der Waals surface area contributed by atoms with Crippen molar-refractivity contribution in [2.45, 2.75) is 0 Å². The summed E-state index contributed by atoms with van der Waals surface area (Å²) < 4.78 is 9.90. The van der Waals surface area contributed by atoms with Gasteiger partial charge in [0.25, 0.3) is 0 Å². The predicted molar refractivity (Wildman–Crippen MR) is 31.9 cm³/mol. The van der Waals surface area contributed by atoms with Gasteiger partial charge in [-0.3, -0.25) is 4.57 Å². The van der Waals surface area contributed by atoms with E-state index in [-0.39, 0.29) is 0 Å². The molecule has 0 saturated heterocycles.